The normalized spacial score (nSPS) is 10.8. The van der Waals surface area contributed by atoms with E-state index in [-0.39, 0.29) is 5.91 Å². The predicted octanol–water partition coefficient (Wildman–Crippen LogP) is 4.89. The zero-order valence-electron chi connectivity index (χ0n) is 18.7. The zero-order chi connectivity index (χ0) is 22.9. The Morgan fingerprint density at radius 3 is 2.56 bits per heavy atom. The summed E-state index contributed by atoms with van der Waals surface area (Å²) in [5.74, 6) is 1.02. The molecule has 0 bridgehead atoms. The van der Waals surface area contributed by atoms with E-state index in [2.05, 4.69) is 4.57 Å². The van der Waals surface area contributed by atoms with E-state index in [1.807, 2.05) is 47.5 Å². The molecule has 0 atom stereocenters. The Kier molecular flexibility index (Phi) is 8.59. The van der Waals surface area contributed by atoms with E-state index < -0.39 is 0 Å². The molecule has 0 radical (unpaired) electrons. The number of hydrogen-bond donors (Lipinski definition) is 0. The van der Waals surface area contributed by atoms with Gasteiger partial charge in [0.25, 0.3) is 5.91 Å². The first-order chi connectivity index (χ1) is 15.6. The predicted molar refractivity (Wildman–Crippen MR) is 126 cm³/mol. The third-order valence-corrected chi connectivity index (χ3v) is 5.65. The van der Waals surface area contributed by atoms with Crippen molar-refractivity contribution >= 4 is 17.5 Å². The quantitative estimate of drug-likeness (QED) is 0.386. The van der Waals surface area contributed by atoms with Crippen molar-refractivity contribution in [3.05, 3.63) is 82.6 Å². The molecular formula is C25H29ClN2O4. The highest BCUT2D eigenvalue weighted by Crippen LogP contribution is 2.27. The summed E-state index contributed by atoms with van der Waals surface area (Å²) in [6, 6.07) is 17.0. The molecule has 3 aromatic rings. The van der Waals surface area contributed by atoms with Crippen LogP contribution in [0.15, 0.2) is 60.8 Å². The Morgan fingerprint density at radius 1 is 1.03 bits per heavy atom. The number of benzene rings is 2. The van der Waals surface area contributed by atoms with Crippen LogP contribution in [0.25, 0.3) is 0 Å². The van der Waals surface area contributed by atoms with Gasteiger partial charge in [-0.25, -0.2) is 0 Å². The highest BCUT2D eigenvalue weighted by Gasteiger charge is 2.21. The van der Waals surface area contributed by atoms with Gasteiger partial charge in [-0.15, -0.1) is 0 Å². The molecule has 0 saturated carbocycles. The Morgan fingerprint density at radius 2 is 1.84 bits per heavy atom. The molecule has 32 heavy (non-hydrogen) atoms. The van der Waals surface area contributed by atoms with Crippen molar-refractivity contribution in [1.29, 1.82) is 0 Å². The molecule has 0 saturated heterocycles. The molecule has 0 unspecified atom stereocenters. The zero-order valence-corrected chi connectivity index (χ0v) is 19.5. The summed E-state index contributed by atoms with van der Waals surface area (Å²) in [6.07, 6.45) is 2.73. The summed E-state index contributed by atoms with van der Waals surface area (Å²) in [4.78, 5) is 15.3. The lowest BCUT2D eigenvalue weighted by molar-refractivity contribution is 0.0716. The van der Waals surface area contributed by atoms with Crippen LogP contribution >= 0.6 is 11.6 Å². The molecule has 1 aromatic heterocycles. The number of rotatable bonds is 11. The van der Waals surface area contributed by atoms with Crippen molar-refractivity contribution in [1.82, 2.24) is 9.47 Å². The number of carbonyl (C=O) groups is 1. The highest BCUT2D eigenvalue weighted by atomic mass is 35.5. The second-order valence-corrected chi connectivity index (χ2v) is 7.77. The summed E-state index contributed by atoms with van der Waals surface area (Å²) in [5.41, 5.74) is 2.54. The monoisotopic (exact) mass is 456 g/mol. The molecule has 0 aliphatic heterocycles. The summed E-state index contributed by atoms with van der Waals surface area (Å²) in [6.45, 7) is 2.21. The minimum absolute atomic E-state index is 0.105. The molecule has 170 valence electrons. The average molecular weight is 457 g/mol. The molecule has 7 heteroatoms. The van der Waals surface area contributed by atoms with Crippen LogP contribution < -0.4 is 9.47 Å². The van der Waals surface area contributed by atoms with Crippen molar-refractivity contribution in [2.45, 2.75) is 19.5 Å². The third kappa shape index (κ3) is 5.84. The van der Waals surface area contributed by atoms with Crippen LogP contribution in [0.2, 0.25) is 5.02 Å². The van der Waals surface area contributed by atoms with E-state index in [1.54, 1.807) is 39.5 Å². The van der Waals surface area contributed by atoms with E-state index in [0.717, 1.165) is 22.7 Å². The van der Waals surface area contributed by atoms with E-state index in [1.165, 1.54) is 0 Å². The maximum Gasteiger partial charge on any atom is 0.257 e. The molecule has 0 N–H and O–H groups in total. The summed E-state index contributed by atoms with van der Waals surface area (Å²) in [5, 5.41) is 0.725. The maximum absolute atomic E-state index is 13.5. The Bertz CT molecular complexity index is 1030. The standard InChI is InChI=1S/C25H29ClN2O4/c1-30-15-7-14-28(25(29)22-12-11-21(31-2)16-24(22)32-3)18-20-9-6-13-27(20)17-19-8-4-5-10-23(19)26/h4-6,8-13,16H,7,14-15,17-18H2,1-3H3. The number of carbonyl (C=O) groups excluding carboxylic acids is 1. The number of methoxy groups -OCH3 is 3. The summed E-state index contributed by atoms with van der Waals surface area (Å²) >= 11 is 6.36. The summed E-state index contributed by atoms with van der Waals surface area (Å²) in [7, 11) is 4.80. The number of ether oxygens (including phenoxy) is 3. The van der Waals surface area contributed by atoms with Crippen LogP contribution in [0.5, 0.6) is 11.5 Å². The minimum atomic E-state index is -0.105. The fourth-order valence-electron chi connectivity index (χ4n) is 3.55. The van der Waals surface area contributed by atoms with Gasteiger partial charge in [0.15, 0.2) is 0 Å². The number of amides is 1. The van der Waals surface area contributed by atoms with Gasteiger partial charge in [0, 0.05) is 49.8 Å². The van der Waals surface area contributed by atoms with E-state index in [0.29, 0.717) is 43.3 Å². The van der Waals surface area contributed by atoms with Crippen LogP contribution in [0, 0.1) is 0 Å². The topological polar surface area (TPSA) is 52.9 Å². The van der Waals surface area contributed by atoms with Crippen molar-refractivity contribution in [2.24, 2.45) is 0 Å². The lowest BCUT2D eigenvalue weighted by Gasteiger charge is -2.25. The third-order valence-electron chi connectivity index (χ3n) is 5.28. The van der Waals surface area contributed by atoms with E-state index >= 15 is 0 Å². The van der Waals surface area contributed by atoms with Crippen LogP contribution in [-0.4, -0.2) is 49.9 Å². The summed E-state index contributed by atoms with van der Waals surface area (Å²) < 4.78 is 18.0. The number of aromatic nitrogens is 1. The Balaban J connectivity index is 1.85. The van der Waals surface area contributed by atoms with Gasteiger partial charge in [0.2, 0.25) is 0 Å². The Hall–Kier alpha value is -2.96. The fraction of sp³-hybridized carbons (Fsp3) is 0.320. The first-order valence-electron chi connectivity index (χ1n) is 10.4. The van der Waals surface area contributed by atoms with Crippen molar-refractivity contribution < 1.29 is 19.0 Å². The van der Waals surface area contributed by atoms with Crippen LogP contribution in [0.3, 0.4) is 0 Å². The van der Waals surface area contributed by atoms with E-state index in [9.17, 15) is 4.79 Å². The van der Waals surface area contributed by atoms with Gasteiger partial charge in [-0.2, -0.15) is 0 Å². The first-order valence-corrected chi connectivity index (χ1v) is 10.8. The second-order valence-electron chi connectivity index (χ2n) is 7.36. The number of hydrogen-bond acceptors (Lipinski definition) is 4. The molecule has 2 aromatic carbocycles. The maximum atomic E-state index is 13.5. The highest BCUT2D eigenvalue weighted by molar-refractivity contribution is 6.31. The van der Waals surface area contributed by atoms with Gasteiger partial charge in [-0.1, -0.05) is 29.8 Å². The Labute approximate surface area is 194 Å². The van der Waals surface area contributed by atoms with Crippen molar-refractivity contribution in [3.8, 4) is 11.5 Å². The van der Waals surface area contributed by atoms with Crippen LogP contribution in [0.4, 0.5) is 0 Å². The molecule has 1 heterocycles. The largest absolute Gasteiger partial charge is 0.497 e. The lowest BCUT2D eigenvalue weighted by Crippen LogP contribution is -2.33. The molecule has 3 rings (SSSR count). The van der Waals surface area contributed by atoms with Gasteiger partial charge in [0.1, 0.15) is 11.5 Å². The van der Waals surface area contributed by atoms with E-state index in [4.69, 9.17) is 25.8 Å². The molecule has 6 nitrogen and oxygen atoms in total. The molecule has 1 amide bonds. The van der Waals surface area contributed by atoms with Gasteiger partial charge in [-0.3, -0.25) is 4.79 Å². The fourth-order valence-corrected chi connectivity index (χ4v) is 3.75. The minimum Gasteiger partial charge on any atom is -0.497 e. The molecule has 0 aliphatic carbocycles. The first kappa shape index (κ1) is 23.7. The second kappa shape index (κ2) is 11.6. The number of nitrogens with zero attached hydrogens (tertiary/aromatic N) is 2. The molecule has 0 fully saturated rings. The average Bonchev–Trinajstić information content (AvgIpc) is 3.25. The molecule has 0 aliphatic rings. The van der Waals surface area contributed by atoms with Gasteiger partial charge < -0.3 is 23.7 Å². The van der Waals surface area contributed by atoms with Crippen LogP contribution in [0.1, 0.15) is 28.0 Å². The molecule has 0 spiro atoms. The molecular weight excluding hydrogens is 428 g/mol. The van der Waals surface area contributed by atoms with Gasteiger partial charge in [0.05, 0.1) is 26.3 Å². The van der Waals surface area contributed by atoms with Crippen LogP contribution in [-0.2, 0) is 17.8 Å². The number of halogens is 1. The van der Waals surface area contributed by atoms with Crippen molar-refractivity contribution in [3.63, 3.8) is 0 Å². The smallest absolute Gasteiger partial charge is 0.257 e. The lowest BCUT2D eigenvalue weighted by atomic mass is 10.1. The van der Waals surface area contributed by atoms with Crippen molar-refractivity contribution in [2.75, 3.05) is 34.5 Å². The van der Waals surface area contributed by atoms with Gasteiger partial charge >= 0.3 is 0 Å². The van der Waals surface area contributed by atoms with Gasteiger partial charge in [-0.05, 0) is 42.3 Å². The SMILES string of the molecule is COCCCN(Cc1cccn1Cc1ccccc1Cl)C(=O)c1ccc(OC)cc1OC.